The van der Waals surface area contributed by atoms with Crippen molar-refractivity contribution >= 4 is 44.2 Å². The van der Waals surface area contributed by atoms with Crippen LogP contribution in [-0.4, -0.2) is 78.7 Å². The predicted molar refractivity (Wildman–Crippen MR) is 185 cm³/mol. The van der Waals surface area contributed by atoms with E-state index in [1.54, 1.807) is 30.3 Å². The Labute approximate surface area is 286 Å². The number of nitrogens with zero attached hydrogens (tertiary/aromatic N) is 2. The van der Waals surface area contributed by atoms with Crippen LogP contribution in [0.15, 0.2) is 73.4 Å². The Hall–Kier alpha value is -4.49. The normalized spacial score (nSPS) is 24.4. The number of fused-ring (bicyclic) bond motifs is 1. The molecule has 3 amide bonds. The average Bonchev–Trinajstić information content (AvgIpc) is 4.00. The highest BCUT2D eigenvalue weighted by atomic mass is 32.2. The van der Waals surface area contributed by atoms with Crippen molar-refractivity contribution in [1.29, 1.82) is 0 Å². The maximum atomic E-state index is 14.2. The van der Waals surface area contributed by atoms with E-state index in [2.05, 4.69) is 26.9 Å². The second kappa shape index (κ2) is 13.1. The zero-order chi connectivity index (χ0) is 35.1. The van der Waals surface area contributed by atoms with Crippen molar-refractivity contribution in [2.45, 2.75) is 75.4 Å². The van der Waals surface area contributed by atoms with Crippen LogP contribution in [-0.2, 0) is 24.4 Å². The molecule has 0 radical (unpaired) electrons. The molecule has 1 aromatic heterocycles. The third-order valence-electron chi connectivity index (χ3n) is 9.61. The molecule has 260 valence electrons. The first-order valence-electron chi connectivity index (χ1n) is 16.5. The van der Waals surface area contributed by atoms with E-state index in [0.29, 0.717) is 24.5 Å². The van der Waals surface area contributed by atoms with Gasteiger partial charge in [-0.25, -0.2) is 13.4 Å². The molecule has 2 heterocycles. The molecule has 49 heavy (non-hydrogen) atoms. The molecular formula is C36H43N5O7S. The topological polar surface area (TPSA) is 156 Å². The van der Waals surface area contributed by atoms with Gasteiger partial charge < -0.3 is 14.8 Å². The fourth-order valence-corrected chi connectivity index (χ4v) is 8.05. The number of amides is 3. The van der Waals surface area contributed by atoms with Gasteiger partial charge in [-0.2, -0.15) is 0 Å². The Morgan fingerprint density at radius 2 is 1.84 bits per heavy atom. The number of methoxy groups -OCH3 is 1. The number of hydrogen-bond acceptors (Lipinski definition) is 10. The first kappa shape index (κ1) is 34.4. The van der Waals surface area contributed by atoms with Crippen LogP contribution in [0, 0.1) is 11.3 Å². The van der Waals surface area contributed by atoms with Crippen LogP contribution in [0.5, 0.6) is 11.6 Å². The van der Waals surface area contributed by atoms with Gasteiger partial charge in [0.05, 0.1) is 18.4 Å². The van der Waals surface area contributed by atoms with Crippen LogP contribution in [0.4, 0.5) is 5.69 Å². The lowest BCUT2D eigenvalue weighted by Gasteiger charge is -2.34. The molecule has 12 nitrogen and oxygen atoms in total. The van der Waals surface area contributed by atoms with E-state index in [-0.39, 0.29) is 19.4 Å². The number of aromatic nitrogens is 1. The van der Waals surface area contributed by atoms with E-state index in [9.17, 15) is 22.8 Å². The van der Waals surface area contributed by atoms with E-state index >= 15 is 0 Å². The fourth-order valence-electron chi connectivity index (χ4n) is 6.69. The molecule has 2 aliphatic carbocycles. The Morgan fingerprint density at radius 3 is 2.47 bits per heavy atom. The molecule has 0 unspecified atom stereocenters. The number of hydrogen-bond donors (Lipinski definition) is 3. The lowest BCUT2D eigenvalue weighted by Crippen LogP contribution is -2.59. The number of likely N-dealkylation sites (tertiary alicyclic amines) is 1. The fraction of sp³-hybridized carbons (Fsp3) is 0.444. The van der Waals surface area contributed by atoms with Crippen molar-refractivity contribution < 1.29 is 32.3 Å². The zero-order valence-corrected chi connectivity index (χ0v) is 29.0. The van der Waals surface area contributed by atoms with Gasteiger partial charge in [0.2, 0.25) is 27.7 Å². The predicted octanol–water partition coefficient (Wildman–Crippen LogP) is 3.79. The summed E-state index contributed by atoms with van der Waals surface area (Å²) >= 11 is 0. The number of benzene rings is 2. The number of imide groups is 1. The van der Waals surface area contributed by atoms with Crippen molar-refractivity contribution in [2.75, 3.05) is 19.0 Å². The van der Waals surface area contributed by atoms with Gasteiger partial charge >= 0.3 is 0 Å². The minimum absolute atomic E-state index is 0.104. The van der Waals surface area contributed by atoms with Crippen LogP contribution < -0.4 is 24.8 Å². The summed E-state index contributed by atoms with van der Waals surface area (Å²) in [5.41, 5.74) is -1.22. The summed E-state index contributed by atoms with van der Waals surface area (Å²) in [6.07, 6.45) is 3.96. The Balaban J connectivity index is 1.30. The largest absolute Gasteiger partial charge is 0.497 e. The molecular weight excluding hydrogens is 646 g/mol. The number of nitrogens with one attached hydrogen (secondary N) is 3. The molecule has 3 aliphatic rings. The van der Waals surface area contributed by atoms with Crippen LogP contribution in [0.1, 0.15) is 46.5 Å². The van der Waals surface area contributed by atoms with E-state index in [1.165, 1.54) is 0 Å². The number of sulfonamides is 1. The van der Waals surface area contributed by atoms with Crippen LogP contribution in [0.25, 0.3) is 10.8 Å². The molecule has 3 aromatic rings. The summed E-state index contributed by atoms with van der Waals surface area (Å²) in [5.74, 6) is -1.25. The maximum Gasteiger partial charge on any atom is 0.254 e. The number of anilines is 1. The molecule has 6 rings (SSSR count). The SMILES string of the molecule is C=C[C@@H]1C[C@@]1(C(=O)NS(=O)(=O)C1CC1)N1C[C@H](Oc2nccc3cc(OC)ccc23)C[C@H]1C(=O)NC(=O)[C@H](Nc1ccccc1)C(C)(C)C. The second-order valence-electron chi connectivity index (χ2n) is 14.2. The van der Waals surface area contributed by atoms with Crippen molar-refractivity contribution in [2.24, 2.45) is 11.3 Å². The minimum atomic E-state index is -3.87. The lowest BCUT2D eigenvalue weighted by molar-refractivity contribution is -0.136. The summed E-state index contributed by atoms with van der Waals surface area (Å²) < 4.78 is 39.9. The Bertz CT molecular complexity index is 1880. The standard InChI is InChI=1S/C36H43N5O7S/c1-6-23-20-36(23,34(44)40-49(45,46)27-13-14-27)41-21-26(48-33-28-15-12-25(47-5)18-22(28)16-17-37-33)19-29(41)31(42)39-32(43)30(35(2,3)4)38-24-10-8-7-9-11-24/h6-12,15-18,23,26-27,29-30,38H,1,13-14,19-21H2,2-5H3,(H,40,44)(H,39,42,43)/t23-,26-,29+,30+,36-/m1/s1. The second-order valence-corrected chi connectivity index (χ2v) is 16.1. The average molecular weight is 690 g/mol. The van der Waals surface area contributed by atoms with E-state index < -0.39 is 68.1 Å². The zero-order valence-electron chi connectivity index (χ0n) is 28.1. The number of carbonyl (C=O) groups excluding carboxylic acids is 3. The highest BCUT2D eigenvalue weighted by Crippen LogP contribution is 2.53. The first-order valence-corrected chi connectivity index (χ1v) is 18.0. The molecule has 2 aromatic carbocycles. The molecule has 3 fully saturated rings. The number of carbonyl (C=O) groups is 3. The van der Waals surface area contributed by atoms with Gasteiger partial charge in [-0.15, -0.1) is 6.58 Å². The highest BCUT2D eigenvalue weighted by Gasteiger charge is 2.67. The summed E-state index contributed by atoms with van der Waals surface area (Å²) in [6.45, 7) is 9.68. The number of rotatable bonds is 12. The molecule has 0 spiro atoms. The molecule has 1 aliphatic heterocycles. The summed E-state index contributed by atoms with van der Waals surface area (Å²) in [6, 6.07) is 14.8. The monoisotopic (exact) mass is 689 g/mol. The van der Waals surface area contributed by atoms with E-state index in [0.717, 1.165) is 16.5 Å². The molecule has 1 saturated heterocycles. The van der Waals surface area contributed by atoms with Gasteiger partial charge in [0.25, 0.3) is 5.91 Å². The lowest BCUT2D eigenvalue weighted by atomic mass is 9.85. The summed E-state index contributed by atoms with van der Waals surface area (Å²) in [5, 5.41) is 6.82. The van der Waals surface area contributed by atoms with Gasteiger partial charge in [-0.3, -0.25) is 29.3 Å². The van der Waals surface area contributed by atoms with Crippen LogP contribution in [0.3, 0.4) is 0 Å². The molecule has 0 bridgehead atoms. The number of pyridine rings is 1. The molecule has 13 heteroatoms. The summed E-state index contributed by atoms with van der Waals surface area (Å²) in [7, 11) is -2.29. The van der Waals surface area contributed by atoms with Gasteiger partial charge in [0, 0.05) is 36.2 Å². The third kappa shape index (κ3) is 7.00. The van der Waals surface area contributed by atoms with Crippen LogP contribution in [0.2, 0.25) is 0 Å². The number of ether oxygens (including phenoxy) is 2. The molecule has 5 atom stereocenters. The Kier molecular flexibility index (Phi) is 9.18. The van der Waals surface area contributed by atoms with Crippen molar-refractivity contribution in [3.05, 3.63) is 73.4 Å². The van der Waals surface area contributed by atoms with Crippen molar-refractivity contribution in [3.63, 3.8) is 0 Å². The highest BCUT2D eigenvalue weighted by molar-refractivity contribution is 7.91. The van der Waals surface area contributed by atoms with E-state index in [4.69, 9.17) is 9.47 Å². The van der Waals surface area contributed by atoms with Crippen molar-refractivity contribution in [1.82, 2.24) is 19.9 Å². The van der Waals surface area contributed by atoms with Gasteiger partial charge in [-0.05, 0) is 66.5 Å². The molecule has 2 saturated carbocycles. The van der Waals surface area contributed by atoms with Crippen molar-refractivity contribution in [3.8, 4) is 11.6 Å². The molecule has 3 N–H and O–H groups in total. The van der Waals surface area contributed by atoms with E-state index in [1.807, 2.05) is 69.3 Å². The maximum absolute atomic E-state index is 14.2. The first-order chi connectivity index (χ1) is 23.3. The van der Waals surface area contributed by atoms with Crippen LogP contribution >= 0.6 is 0 Å². The quantitative estimate of drug-likeness (QED) is 0.239. The smallest absolute Gasteiger partial charge is 0.254 e. The number of para-hydroxylation sites is 1. The van der Waals surface area contributed by atoms with Gasteiger partial charge in [0.1, 0.15) is 23.4 Å². The minimum Gasteiger partial charge on any atom is -0.497 e. The Morgan fingerprint density at radius 1 is 1.10 bits per heavy atom. The third-order valence-corrected chi connectivity index (χ3v) is 11.4. The van der Waals surface area contributed by atoms with Gasteiger partial charge in [-0.1, -0.05) is 45.0 Å². The van der Waals surface area contributed by atoms with Gasteiger partial charge in [0.15, 0.2) is 0 Å². The summed E-state index contributed by atoms with van der Waals surface area (Å²) in [4.78, 5) is 48.0.